The smallest absolute Gasteiger partial charge is 0.300 e. The van der Waals surface area contributed by atoms with Crippen molar-refractivity contribution in [1.82, 2.24) is 4.72 Å². The molecule has 1 aromatic heterocycles. The van der Waals surface area contributed by atoms with E-state index in [4.69, 9.17) is 9.15 Å². The van der Waals surface area contributed by atoms with Crippen LogP contribution in [-0.2, 0) is 10.0 Å². The lowest BCUT2D eigenvalue weighted by Gasteiger charge is -2.33. The highest BCUT2D eigenvalue weighted by Gasteiger charge is 2.29. The van der Waals surface area contributed by atoms with Crippen molar-refractivity contribution in [3.8, 4) is 5.75 Å². The van der Waals surface area contributed by atoms with Crippen molar-refractivity contribution in [2.75, 3.05) is 24.6 Å². The Balaban J connectivity index is 1.44. The molecule has 2 heterocycles. The molecule has 168 valence electrons. The summed E-state index contributed by atoms with van der Waals surface area (Å²) in [6.45, 7) is 3.70. The molecule has 1 aliphatic carbocycles. The van der Waals surface area contributed by atoms with Crippen molar-refractivity contribution < 1.29 is 26.8 Å². The van der Waals surface area contributed by atoms with E-state index in [1.165, 1.54) is 12.1 Å². The second-order valence-corrected chi connectivity index (χ2v) is 9.79. The molecule has 1 saturated heterocycles. The van der Waals surface area contributed by atoms with Gasteiger partial charge in [-0.2, -0.15) is 0 Å². The molecule has 1 amide bonds. The summed E-state index contributed by atoms with van der Waals surface area (Å²) in [5, 5.41) is 0.127. The molecule has 1 N–H and O–H groups in total. The normalized spacial score (nSPS) is 16.1. The summed E-state index contributed by atoms with van der Waals surface area (Å²) in [7, 11) is -4.24. The van der Waals surface area contributed by atoms with Crippen LogP contribution in [0.5, 0.6) is 5.75 Å². The number of benzene rings is 2. The van der Waals surface area contributed by atoms with Crippen LogP contribution in [0, 0.1) is 5.82 Å². The van der Waals surface area contributed by atoms with Crippen LogP contribution in [0.2, 0.25) is 0 Å². The number of carbonyl (C=O) groups is 1. The molecule has 0 unspecified atom stereocenters. The lowest BCUT2D eigenvalue weighted by atomic mass is 10.1. The van der Waals surface area contributed by atoms with Gasteiger partial charge < -0.3 is 14.1 Å². The lowest BCUT2D eigenvalue weighted by Crippen LogP contribution is -2.36. The number of nitrogens with one attached hydrogen (secondary N) is 1. The number of fused-ring (bicyclic) bond motifs is 1. The quantitative estimate of drug-likeness (QED) is 0.572. The summed E-state index contributed by atoms with van der Waals surface area (Å²) in [6.07, 6.45) is 3.04. The highest BCUT2D eigenvalue weighted by Crippen LogP contribution is 2.42. The number of halogens is 1. The van der Waals surface area contributed by atoms with Gasteiger partial charge in [-0.1, -0.05) is 6.07 Å². The molecule has 0 bridgehead atoms. The number of hydrogen-bond acceptors (Lipinski definition) is 6. The Morgan fingerprint density at radius 3 is 2.66 bits per heavy atom. The van der Waals surface area contributed by atoms with Crippen LogP contribution >= 0.6 is 0 Å². The molecular formula is C23H23FN2O5S. The van der Waals surface area contributed by atoms with E-state index in [1.54, 1.807) is 25.1 Å². The van der Waals surface area contributed by atoms with Crippen LogP contribution in [-0.4, -0.2) is 34.0 Å². The molecule has 5 rings (SSSR count). The van der Waals surface area contributed by atoms with E-state index < -0.39 is 21.7 Å². The summed E-state index contributed by atoms with van der Waals surface area (Å²) in [6, 6.07) is 9.29. The van der Waals surface area contributed by atoms with Crippen LogP contribution in [0.4, 0.5) is 10.1 Å². The predicted octanol–water partition coefficient (Wildman–Crippen LogP) is 4.18. The molecule has 7 nitrogen and oxygen atoms in total. The number of ether oxygens (including phenoxy) is 1. The molecule has 0 radical (unpaired) electrons. The highest BCUT2D eigenvalue weighted by atomic mass is 32.2. The summed E-state index contributed by atoms with van der Waals surface area (Å²) < 4.78 is 53.7. The maximum absolute atomic E-state index is 14.6. The minimum Gasteiger partial charge on any atom is -0.492 e. The van der Waals surface area contributed by atoms with Gasteiger partial charge in [0, 0.05) is 30.9 Å². The molecule has 1 saturated carbocycles. The van der Waals surface area contributed by atoms with Gasteiger partial charge in [0.15, 0.2) is 5.76 Å². The number of anilines is 1. The van der Waals surface area contributed by atoms with Crippen molar-refractivity contribution in [1.29, 1.82) is 0 Å². The van der Waals surface area contributed by atoms with E-state index in [0.717, 1.165) is 37.9 Å². The fraction of sp³-hybridized carbons (Fsp3) is 0.348. The number of hydrogen-bond donors (Lipinski definition) is 1. The van der Waals surface area contributed by atoms with E-state index in [1.807, 2.05) is 15.7 Å². The second-order valence-electron chi connectivity index (χ2n) is 8.14. The third-order valence-electron chi connectivity index (χ3n) is 5.85. The van der Waals surface area contributed by atoms with Crippen molar-refractivity contribution in [2.45, 2.75) is 37.0 Å². The standard InChI is InChI=1S/C23H23FN2O5S/c1-2-30-19-7-6-15(14-4-5-14)10-22(19)32(28,29)25-23(27)21-13-17-18(24)11-16(12-20(17)31-21)26-8-3-9-26/h6-7,10-14H,2-5,8-9H2,1H3,(H,25,27). The van der Waals surface area contributed by atoms with Crippen LogP contribution in [0.1, 0.15) is 48.2 Å². The summed E-state index contributed by atoms with van der Waals surface area (Å²) in [4.78, 5) is 14.6. The maximum atomic E-state index is 14.6. The van der Waals surface area contributed by atoms with Gasteiger partial charge in [-0.25, -0.2) is 17.5 Å². The van der Waals surface area contributed by atoms with Crippen LogP contribution < -0.4 is 14.4 Å². The van der Waals surface area contributed by atoms with Gasteiger partial charge in [-0.05, 0) is 55.9 Å². The zero-order valence-electron chi connectivity index (χ0n) is 17.6. The van der Waals surface area contributed by atoms with Crippen LogP contribution in [0.15, 0.2) is 45.7 Å². The first-order chi connectivity index (χ1) is 15.4. The van der Waals surface area contributed by atoms with Gasteiger partial charge in [0.1, 0.15) is 22.0 Å². The van der Waals surface area contributed by atoms with E-state index in [0.29, 0.717) is 11.6 Å². The van der Waals surface area contributed by atoms with Crippen LogP contribution in [0.25, 0.3) is 11.0 Å². The van der Waals surface area contributed by atoms with E-state index >= 15 is 0 Å². The zero-order chi connectivity index (χ0) is 22.5. The Labute approximate surface area is 185 Å². The van der Waals surface area contributed by atoms with Gasteiger partial charge in [-0.15, -0.1) is 0 Å². The largest absolute Gasteiger partial charge is 0.492 e. The van der Waals surface area contributed by atoms with Crippen molar-refractivity contribution in [3.63, 3.8) is 0 Å². The number of nitrogens with zero attached hydrogens (tertiary/aromatic N) is 1. The van der Waals surface area contributed by atoms with Gasteiger partial charge in [0.25, 0.3) is 10.0 Å². The average Bonchev–Trinajstić information content (AvgIpc) is 3.45. The Kier molecular flexibility index (Phi) is 5.08. The van der Waals surface area contributed by atoms with Gasteiger partial charge >= 0.3 is 5.91 Å². The fourth-order valence-electron chi connectivity index (χ4n) is 3.86. The Morgan fingerprint density at radius 1 is 1.22 bits per heavy atom. The third kappa shape index (κ3) is 3.81. The third-order valence-corrected chi connectivity index (χ3v) is 7.20. The van der Waals surface area contributed by atoms with Gasteiger partial charge in [-0.3, -0.25) is 4.79 Å². The lowest BCUT2D eigenvalue weighted by molar-refractivity contribution is 0.0956. The van der Waals surface area contributed by atoms with Gasteiger partial charge in [0.2, 0.25) is 0 Å². The minimum absolute atomic E-state index is 0.0977. The molecule has 0 spiro atoms. The molecule has 2 fully saturated rings. The summed E-state index contributed by atoms with van der Waals surface area (Å²) in [5.41, 5.74) is 1.76. The second kappa shape index (κ2) is 7.81. The summed E-state index contributed by atoms with van der Waals surface area (Å²) >= 11 is 0. The van der Waals surface area contributed by atoms with Crippen LogP contribution in [0.3, 0.4) is 0 Å². The average molecular weight is 459 g/mol. The molecule has 9 heteroatoms. The molecule has 32 heavy (non-hydrogen) atoms. The topological polar surface area (TPSA) is 88.8 Å². The predicted molar refractivity (Wildman–Crippen MR) is 117 cm³/mol. The fourth-order valence-corrected chi connectivity index (χ4v) is 5.00. The van der Waals surface area contributed by atoms with Crippen molar-refractivity contribution in [3.05, 3.63) is 53.5 Å². The zero-order valence-corrected chi connectivity index (χ0v) is 18.4. The number of rotatable bonds is 7. The number of sulfonamides is 1. The number of carbonyl (C=O) groups excluding carboxylic acids is 1. The maximum Gasteiger partial charge on any atom is 0.300 e. The van der Waals surface area contributed by atoms with E-state index in [-0.39, 0.29) is 34.0 Å². The first kappa shape index (κ1) is 20.8. The molecule has 2 aliphatic rings. The van der Waals surface area contributed by atoms with E-state index in [9.17, 15) is 17.6 Å². The summed E-state index contributed by atoms with van der Waals surface area (Å²) in [5.74, 6) is -1.27. The SMILES string of the molecule is CCOc1ccc(C2CC2)cc1S(=O)(=O)NC(=O)c1cc2c(F)cc(N3CCC3)cc2o1. The molecule has 3 aromatic rings. The van der Waals surface area contributed by atoms with E-state index in [2.05, 4.69) is 0 Å². The first-order valence-electron chi connectivity index (χ1n) is 10.7. The molecular weight excluding hydrogens is 435 g/mol. The Morgan fingerprint density at radius 2 is 2.00 bits per heavy atom. The van der Waals surface area contributed by atoms with Crippen molar-refractivity contribution >= 4 is 32.6 Å². The first-order valence-corrected chi connectivity index (χ1v) is 12.2. The number of amides is 1. The minimum atomic E-state index is -4.24. The highest BCUT2D eigenvalue weighted by molar-refractivity contribution is 7.90. The van der Waals surface area contributed by atoms with Gasteiger partial charge in [0.05, 0.1) is 12.0 Å². The molecule has 0 atom stereocenters. The Hall–Kier alpha value is -3.07. The molecule has 1 aliphatic heterocycles. The van der Waals surface area contributed by atoms with Crippen molar-refractivity contribution in [2.24, 2.45) is 0 Å². The number of furan rings is 1. The Bertz CT molecular complexity index is 1310. The molecule has 2 aromatic carbocycles. The monoisotopic (exact) mass is 458 g/mol.